The van der Waals surface area contributed by atoms with Crippen LogP contribution < -0.4 is 4.74 Å². The summed E-state index contributed by atoms with van der Waals surface area (Å²) in [6, 6.07) is 3.91. The summed E-state index contributed by atoms with van der Waals surface area (Å²) in [6.45, 7) is 2.00. The van der Waals surface area contributed by atoms with Gasteiger partial charge in [-0.1, -0.05) is 6.08 Å². The highest BCUT2D eigenvalue weighted by Crippen LogP contribution is 2.30. The molecule has 0 aliphatic heterocycles. The minimum absolute atomic E-state index is 0.102. The molecule has 0 saturated heterocycles. The van der Waals surface area contributed by atoms with E-state index in [0.29, 0.717) is 33.8 Å². The first-order valence-corrected chi connectivity index (χ1v) is 8.87. The van der Waals surface area contributed by atoms with Gasteiger partial charge in [-0.2, -0.15) is 15.2 Å². The number of halogens is 1. The minimum atomic E-state index is -1.36. The Morgan fingerprint density at radius 3 is 2.86 bits per heavy atom. The average molecular weight is 392 g/mol. The van der Waals surface area contributed by atoms with Crippen molar-refractivity contribution in [2.45, 2.75) is 19.6 Å². The number of alkyl halides is 1. The van der Waals surface area contributed by atoms with E-state index in [1.54, 1.807) is 29.8 Å². The maximum atomic E-state index is 14.5. The minimum Gasteiger partial charge on any atom is -0.508 e. The molecule has 2 unspecified atom stereocenters. The van der Waals surface area contributed by atoms with E-state index in [-0.39, 0.29) is 18.3 Å². The fourth-order valence-corrected chi connectivity index (χ4v) is 3.26. The number of aryl methyl sites for hydroxylation is 1. The number of hydrogen-bond acceptors (Lipinski definition) is 7. The van der Waals surface area contributed by atoms with Gasteiger partial charge in [-0.3, -0.25) is 4.98 Å². The topological polar surface area (TPSA) is 110 Å². The lowest BCUT2D eigenvalue weighted by atomic mass is 9.98. The lowest BCUT2D eigenvalue weighted by Crippen LogP contribution is -2.21. The van der Waals surface area contributed by atoms with Gasteiger partial charge in [0.1, 0.15) is 29.3 Å². The summed E-state index contributed by atoms with van der Waals surface area (Å²) in [5, 5.41) is 18.7. The molecule has 0 radical (unpaired) electrons. The number of imidazole rings is 1. The van der Waals surface area contributed by atoms with Gasteiger partial charge in [0.2, 0.25) is 0 Å². The largest absolute Gasteiger partial charge is 0.508 e. The number of ether oxygens (including phenoxy) is 1. The molecule has 146 valence electrons. The van der Waals surface area contributed by atoms with E-state index in [9.17, 15) is 14.8 Å². The Bertz CT molecular complexity index is 1190. The first-order valence-electron chi connectivity index (χ1n) is 8.87. The maximum Gasteiger partial charge on any atom is 0.318 e. The second kappa shape index (κ2) is 7.31. The number of aliphatic hydroxyl groups is 1. The zero-order chi connectivity index (χ0) is 20.5. The van der Waals surface area contributed by atoms with E-state index in [1.807, 2.05) is 0 Å². The van der Waals surface area contributed by atoms with Gasteiger partial charge in [0.25, 0.3) is 0 Å². The Morgan fingerprint density at radius 2 is 2.14 bits per heavy atom. The molecule has 1 N–H and O–H groups in total. The van der Waals surface area contributed by atoms with Crippen LogP contribution in [0, 0.1) is 24.2 Å². The Balaban J connectivity index is 1.90. The second-order valence-corrected chi connectivity index (χ2v) is 6.65. The van der Waals surface area contributed by atoms with Gasteiger partial charge in [-0.05, 0) is 25.1 Å². The molecule has 0 bridgehead atoms. The molecule has 0 saturated carbocycles. The van der Waals surface area contributed by atoms with Crippen LogP contribution in [0.2, 0.25) is 0 Å². The van der Waals surface area contributed by atoms with Crippen LogP contribution in [0.5, 0.6) is 6.01 Å². The molecule has 3 heterocycles. The van der Waals surface area contributed by atoms with Crippen LogP contribution in [-0.4, -0.2) is 42.9 Å². The predicted molar refractivity (Wildman–Crippen MR) is 103 cm³/mol. The molecule has 29 heavy (non-hydrogen) atoms. The fraction of sp³-hybridized carbons (Fsp3) is 0.250. The number of fused-ring (bicyclic) bond motifs is 1. The van der Waals surface area contributed by atoms with Crippen molar-refractivity contribution in [1.29, 1.82) is 5.26 Å². The lowest BCUT2D eigenvalue weighted by molar-refractivity contribution is 0.282. The molecule has 0 amide bonds. The molecular formula is C20H17FN6O2. The van der Waals surface area contributed by atoms with E-state index in [2.05, 4.69) is 26.0 Å². The molecule has 8 nitrogen and oxygen atoms in total. The molecule has 0 fully saturated rings. The molecule has 1 aliphatic carbocycles. The molecule has 0 spiro atoms. The molecular weight excluding hydrogens is 375 g/mol. The molecule has 4 rings (SSSR count). The van der Waals surface area contributed by atoms with Crippen molar-refractivity contribution >= 4 is 11.2 Å². The monoisotopic (exact) mass is 392 g/mol. The maximum absolute atomic E-state index is 14.5. The third-order valence-electron chi connectivity index (χ3n) is 4.70. The highest BCUT2D eigenvalue weighted by Gasteiger charge is 2.25. The van der Waals surface area contributed by atoms with E-state index >= 15 is 0 Å². The van der Waals surface area contributed by atoms with Crippen LogP contribution in [0.1, 0.15) is 11.3 Å². The molecule has 3 aromatic rings. The van der Waals surface area contributed by atoms with Crippen molar-refractivity contribution < 1.29 is 14.2 Å². The van der Waals surface area contributed by atoms with Crippen molar-refractivity contribution in [1.82, 2.24) is 24.5 Å². The zero-order valence-corrected chi connectivity index (χ0v) is 15.7. The smallest absolute Gasteiger partial charge is 0.318 e. The normalized spacial score (nSPS) is 18.5. The Morgan fingerprint density at radius 1 is 1.31 bits per heavy atom. The van der Waals surface area contributed by atoms with Gasteiger partial charge >= 0.3 is 6.01 Å². The SMILES string of the molecule is COc1nc(C)c2nc(-c3cncc(C#N)c3)n(CC3C=CC(O)=CC3F)c2n1. The van der Waals surface area contributed by atoms with Gasteiger partial charge in [0, 0.05) is 30.4 Å². The number of aliphatic hydroxyl groups excluding tert-OH is 1. The quantitative estimate of drug-likeness (QED) is 0.727. The van der Waals surface area contributed by atoms with Crippen molar-refractivity contribution in [2.75, 3.05) is 7.11 Å². The summed E-state index contributed by atoms with van der Waals surface area (Å²) >= 11 is 0. The summed E-state index contributed by atoms with van der Waals surface area (Å²) in [5.41, 5.74) is 2.65. The third-order valence-corrected chi connectivity index (χ3v) is 4.70. The summed E-state index contributed by atoms with van der Waals surface area (Å²) in [4.78, 5) is 17.4. The van der Waals surface area contributed by atoms with Crippen molar-refractivity contribution in [2.24, 2.45) is 5.92 Å². The number of nitriles is 1. The van der Waals surface area contributed by atoms with Crippen LogP contribution in [0.25, 0.3) is 22.6 Å². The third kappa shape index (κ3) is 3.40. The number of allylic oxidation sites excluding steroid dienone is 3. The zero-order valence-electron chi connectivity index (χ0n) is 15.7. The van der Waals surface area contributed by atoms with Gasteiger partial charge in [0.15, 0.2) is 5.65 Å². The van der Waals surface area contributed by atoms with Gasteiger partial charge in [0.05, 0.1) is 18.4 Å². The second-order valence-electron chi connectivity index (χ2n) is 6.65. The van der Waals surface area contributed by atoms with Crippen LogP contribution in [-0.2, 0) is 6.54 Å². The number of nitrogens with zero attached hydrogens (tertiary/aromatic N) is 6. The lowest BCUT2D eigenvalue weighted by Gasteiger charge is -2.20. The highest BCUT2D eigenvalue weighted by molar-refractivity contribution is 5.79. The predicted octanol–water partition coefficient (Wildman–Crippen LogP) is 3.04. The number of methoxy groups -OCH3 is 1. The summed E-state index contributed by atoms with van der Waals surface area (Å²) in [6.07, 6.45) is 5.94. The van der Waals surface area contributed by atoms with Crippen LogP contribution in [0.15, 0.2) is 42.4 Å². The van der Waals surface area contributed by atoms with E-state index in [0.717, 1.165) is 0 Å². The highest BCUT2D eigenvalue weighted by atomic mass is 19.1. The number of hydrogen-bond donors (Lipinski definition) is 1. The summed E-state index contributed by atoms with van der Waals surface area (Å²) in [7, 11) is 1.47. The molecule has 2 atom stereocenters. The van der Waals surface area contributed by atoms with Crippen molar-refractivity contribution in [3.8, 4) is 23.5 Å². The van der Waals surface area contributed by atoms with E-state index < -0.39 is 12.1 Å². The number of aromatic nitrogens is 5. The Labute approximate surface area is 165 Å². The van der Waals surface area contributed by atoms with Gasteiger partial charge < -0.3 is 14.4 Å². The Hall–Kier alpha value is -3.80. The van der Waals surface area contributed by atoms with E-state index in [4.69, 9.17) is 4.74 Å². The fourth-order valence-electron chi connectivity index (χ4n) is 3.26. The number of pyridine rings is 1. The van der Waals surface area contributed by atoms with Gasteiger partial charge in [-0.15, -0.1) is 0 Å². The average Bonchev–Trinajstić information content (AvgIpc) is 3.09. The summed E-state index contributed by atoms with van der Waals surface area (Å²) < 4.78 is 21.5. The van der Waals surface area contributed by atoms with Crippen molar-refractivity contribution in [3.05, 3.63) is 53.7 Å². The molecule has 0 aromatic carbocycles. The van der Waals surface area contributed by atoms with Gasteiger partial charge in [-0.25, -0.2) is 9.37 Å². The molecule has 1 aliphatic rings. The number of rotatable bonds is 4. The Kier molecular flexibility index (Phi) is 4.68. The van der Waals surface area contributed by atoms with Crippen LogP contribution >= 0.6 is 0 Å². The van der Waals surface area contributed by atoms with Crippen LogP contribution in [0.4, 0.5) is 4.39 Å². The first-order chi connectivity index (χ1) is 14.0. The van der Waals surface area contributed by atoms with Crippen LogP contribution in [0.3, 0.4) is 0 Å². The molecule has 3 aromatic heterocycles. The van der Waals surface area contributed by atoms with E-state index in [1.165, 1.54) is 25.5 Å². The molecule has 9 heteroatoms. The summed E-state index contributed by atoms with van der Waals surface area (Å²) in [5.74, 6) is -0.139. The van der Waals surface area contributed by atoms with Crippen molar-refractivity contribution in [3.63, 3.8) is 0 Å². The standard InChI is InChI=1S/C20H17FN6O2/c1-11-17-19(26-20(24-11)29-2)27(10-13-3-4-15(28)6-16(13)21)18(25-17)14-5-12(7-22)8-23-9-14/h3-6,8-9,13,16,28H,10H2,1-2H3. The first kappa shape index (κ1) is 18.6.